The summed E-state index contributed by atoms with van der Waals surface area (Å²) >= 11 is 0. The number of aliphatic hydroxyl groups excluding tert-OH is 2. The van der Waals surface area contributed by atoms with E-state index in [1.165, 1.54) is 5.57 Å². The van der Waals surface area contributed by atoms with Gasteiger partial charge in [0, 0.05) is 25.4 Å². The van der Waals surface area contributed by atoms with Crippen LogP contribution in [0.5, 0.6) is 5.75 Å². The molecule has 0 aromatic heterocycles. The lowest BCUT2D eigenvalue weighted by Crippen LogP contribution is -2.40. The Morgan fingerprint density at radius 1 is 1.21 bits per heavy atom. The van der Waals surface area contributed by atoms with E-state index in [4.69, 9.17) is 9.47 Å². The molecule has 0 radical (unpaired) electrons. The first-order chi connectivity index (χ1) is 16.1. The van der Waals surface area contributed by atoms with Gasteiger partial charge >= 0.3 is 0 Å². The zero-order valence-electron chi connectivity index (χ0n) is 19.4. The van der Waals surface area contributed by atoms with E-state index in [2.05, 4.69) is 6.08 Å². The number of hydrogen-bond acceptors (Lipinski definition) is 5. The molecule has 2 aliphatic carbocycles. The Balaban J connectivity index is 1.18. The van der Waals surface area contributed by atoms with E-state index in [0.29, 0.717) is 31.5 Å². The van der Waals surface area contributed by atoms with E-state index in [-0.39, 0.29) is 24.5 Å². The van der Waals surface area contributed by atoms with Gasteiger partial charge in [-0.25, -0.2) is 0 Å². The summed E-state index contributed by atoms with van der Waals surface area (Å²) in [4.78, 5) is 14.2. The SMILES string of the molecule is O=C(CCCCC1=C[C@H]2C[C@@H](O)[C@H](C=C[C@@H](O)COc3ccccc3)[C@H]2C1)N1CCOCC1. The highest BCUT2D eigenvalue weighted by molar-refractivity contribution is 5.76. The molecule has 2 N–H and O–H groups in total. The molecule has 1 aromatic carbocycles. The fourth-order valence-corrected chi connectivity index (χ4v) is 5.40. The normalized spacial score (nSPS) is 28.1. The van der Waals surface area contributed by atoms with Crippen LogP contribution in [0.15, 0.2) is 54.1 Å². The third kappa shape index (κ3) is 6.69. The van der Waals surface area contributed by atoms with Crippen molar-refractivity contribution in [3.05, 3.63) is 54.1 Å². The minimum absolute atomic E-state index is 0.0676. The van der Waals surface area contributed by atoms with E-state index in [1.54, 1.807) is 6.08 Å². The van der Waals surface area contributed by atoms with Crippen LogP contribution in [0.1, 0.15) is 38.5 Å². The molecule has 1 heterocycles. The molecule has 5 atom stereocenters. The van der Waals surface area contributed by atoms with Gasteiger partial charge in [0.15, 0.2) is 0 Å². The highest BCUT2D eigenvalue weighted by Gasteiger charge is 2.43. The largest absolute Gasteiger partial charge is 0.491 e. The molecule has 3 aliphatic rings. The summed E-state index contributed by atoms with van der Waals surface area (Å²) in [6.45, 7) is 2.94. The van der Waals surface area contributed by atoms with Crippen LogP contribution >= 0.6 is 0 Å². The van der Waals surface area contributed by atoms with Crippen LogP contribution in [-0.4, -0.2) is 66.1 Å². The van der Waals surface area contributed by atoms with E-state index in [9.17, 15) is 15.0 Å². The van der Waals surface area contributed by atoms with E-state index in [1.807, 2.05) is 41.3 Å². The fourth-order valence-electron chi connectivity index (χ4n) is 5.40. The third-order valence-corrected chi connectivity index (χ3v) is 7.17. The Bertz CT molecular complexity index is 817. The molecule has 1 saturated heterocycles. The van der Waals surface area contributed by atoms with Crippen LogP contribution in [0, 0.1) is 17.8 Å². The molecule has 1 aliphatic heterocycles. The van der Waals surface area contributed by atoms with Crippen molar-refractivity contribution in [3.63, 3.8) is 0 Å². The number of carbonyl (C=O) groups is 1. The maximum absolute atomic E-state index is 12.3. The van der Waals surface area contributed by atoms with Gasteiger partial charge in [-0.15, -0.1) is 0 Å². The van der Waals surface area contributed by atoms with Crippen molar-refractivity contribution < 1.29 is 24.5 Å². The van der Waals surface area contributed by atoms with Gasteiger partial charge in [-0.3, -0.25) is 4.79 Å². The topological polar surface area (TPSA) is 79.2 Å². The highest BCUT2D eigenvalue weighted by atomic mass is 16.5. The second-order valence-corrected chi connectivity index (χ2v) is 9.51. The molecule has 1 aromatic rings. The zero-order valence-corrected chi connectivity index (χ0v) is 19.4. The molecule has 0 bridgehead atoms. The Morgan fingerprint density at radius 3 is 2.79 bits per heavy atom. The average molecular weight is 456 g/mol. The van der Waals surface area contributed by atoms with Gasteiger partial charge in [-0.05, 0) is 56.1 Å². The minimum atomic E-state index is -0.700. The first-order valence-corrected chi connectivity index (χ1v) is 12.4. The lowest BCUT2D eigenvalue weighted by atomic mass is 9.88. The van der Waals surface area contributed by atoms with Crippen molar-refractivity contribution in [2.24, 2.45) is 17.8 Å². The number of unbranched alkanes of at least 4 members (excludes halogenated alkanes) is 1. The molecule has 0 unspecified atom stereocenters. The number of rotatable bonds is 10. The highest BCUT2D eigenvalue weighted by Crippen LogP contribution is 2.48. The van der Waals surface area contributed by atoms with Crippen LogP contribution in [0.3, 0.4) is 0 Å². The zero-order chi connectivity index (χ0) is 23.0. The van der Waals surface area contributed by atoms with Crippen molar-refractivity contribution in [3.8, 4) is 5.75 Å². The molecule has 2 fully saturated rings. The number of morpholine rings is 1. The number of benzene rings is 1. The molecular weight excluding hydrogens is 418 g/mol. The van der Waals surface area contributed by atoms with Crippen LogP contribution in [-0.2, 0) is 9.53 Å². The summed E-state index contributed by atoms with van der Waals surface area (Å²) in [7, 11) is 0. The van der Waals surface area contributed by atoms with Crippen LogP contribution < -0.4 is 4.74 Å². The maximum atomic E-state index is 12.3. The number of ether oxygens (including phenoxy) is 2. The quantitative estimate of drug-likeness (QED) is 0.418. The summed E-state index contributed by atoms with van der Waals surface area (Å²) < 4.78 is 10.9. The minimum Gasteiger partial charge on any atom is -0.491 e. The predicted octanol–water partition coefficient (Wildman–Crippen LogP) is 3.35. The van der Waals surface area contributed by atoms with Crippen LogP contribution in [0.25, 0.3) is 0 Å². The predicted molar refractivity (Wildman–Crippen MR) is 127 cm³/mol. The van der Waals surface area contributed by atoms with Crippen molar-refractivity contribution >= 4 is 5.91 Å². The molecule has 1 saturated carbocycles. The number of fused-ring (bicyclic) bond motifs is 1. The first-order valence-electron chi connectivity index (χ1n) is 12.4. The smallest absolute Gasteiger partial charge is 0.222 e. The number of aliphatic hydroxyl groups is 2. The van der Waals surface area contributed by atoms with Gasteiger partial charge in [0.1, 0.15) is 18.5 Å². The molecule has 4 rings (SSSR count). The van der Waals surface area contributed by atoms with Gasteiger partial charge in [0.2, 0.25) is 5.91 Å². The van der Waals surface area contributed by atoms with Gasteiger partial charge in [0.25, 0.3) is 0 Å². The fraction of sp³-hybridized carbons (Fsp3) is 0.593. The monoisotopic (exact) mass is 455 g/mol. The molecule has 33 heavy (non-hydrogen) atoms. The summed E-state index contributed by atoms with van der Waals surface area (Å²) in [5.41, 5.74) is 1.46. The van der Waals surface area contributed by atoms with Crippen molar-refractivity contribution in [1.82, 2.24) is 4.90 Å². The number of hydrogen-bond donors (Lipinski definition) is 2. The van der Waals surface area contributed by atoms with Gasteiger partial charge in [-0.1, -0.05) is 42.0 Å². The standard InChI is InChI=1S/C27H37NO5/c29-22(19-33-23-7-2-1-3-8-23)10-11-24-25-17-20(16-21(25)18-26(24)30)6-4-5-9-27(31)28-12-14-32-15-13-28/h1-3,7-8,10-11,16,21-22,24-26,29-30H,4-6,9,12-15,17-19H2/t21-,22+,24+,25-,26+/m0/s1. The number of amides is 1. The molecule has 1 amide bonds. The van der Waals surface area contributed by atoms with Gasteiger partial charge < -0.3 is 24.6 Å². The molecule has 6 nitrogen and oxygen atoms in total. The number of nitrogens with zero attached hydrogens (tertiary/aromatic N) is 1. The lowest BCUT2D eigenvalue weighted by molar-refractivity contribution is -0.135. The Morgan fingerprint density at radius 2 is 2.00 bits per heavy atom. The number of allylic oxidation sites excluding steroid dienone is 2. The van der Waals surface area contributed by atoms with Crippen molar-refractivity contribution in [2.45, 2.75) is 50.7 Å². The number of para-hydroxylation sites is 1. The van der Waals surface area contributed by atoms with Crippen molar-refractivity contribution in [2.75, 3.05) is 32.9 Å². The Hall–Kier alpha value is -2.15. The van der Waals surface area contributed by atoms with E-state index < -0.39 is 6.10 Å². The van der Waals surface area contributed by atoms with Gasteiger partial charge in [0.05, 0.1) is 19.3 Å². The average Bonchev–Trinajstić information content (AvgIpc) is 3.36. The third-order valence-electron chi connectivity index (χ3n) is 7.17. The van der Waals surface area contributed by atoms with Crippen molar-refractivity contribution in [1.29, 1.82) is 0 Å². The van der Waals surface area contributed by atoms with Crippen LogP contribution in [0.2, 0.25) is 0 Å². The Kier molecular flexibility index (Phi) is 8.59. The molecule has 180 valence electrons. The summed E-state index contributed by atoms with van der Waals surface area (Å²) in [5.74, 6) is 1.87. The number of carbonyl (C=O) groups excluding carboxylic acids is 1. The van der Waals surface area contributed by atoms with E-state index in [0.717, 1.165) is 50.9 Å². The molecular formula is C27H37NO5. The van der Waals surface area contributed by atoms with Gasteiger partial charge in [-0.2, -0.15) is 0 Å². The molecule has 0 spiro atoms. The lowest BCUT2D eigenvalue weighted by Gasteiger charge is -2.26. The maximum Gasteiger partial charge on any atom is 0.222 e. The van der Waals surface area contributed by atoms with Crippen LogP contribution in [0.4, 0.5) is 0 Å². The summed E-state index contributed by atoms with van der Waals surface area (Å²) in [5, 5.41) is 20.8. The molecule has 6 heteroatoms. The second kappa shape index (κ2) is 11.8. The summed E-state index contributed by atoms with van der Waals surface area (Å²) in [6, 6.07) is 9.46. The first kappa shape index (κ1) is 24.0. The Labute approximate surface area is 196 Å². The second-order valence-electron chi connectivity index (χ2n) is 9.51. The summed E-state index contributed by atoms with van der Waals surface area (Å²) in [6.07, 6.45) is 10.5. The van der Waals surface area contributed by atoms with E-state index >= 15 is 0 Å².